The normalized spacial score (nSPS) is 22.6. The number of carbonyl (C=O) groups excluding carboxylic acids is 2. The summed E-state index contributed by atoms with van der Waals surface area (Å²) >= 11 is 1.30. The largest absolute Gasteiger partial charge is 0.363 e. The molecule has 6 rings (SSSR count). The van der Waals surface area contributed by atoms with Crippen molar-refractivity contribution in [2.45, 2.75) is 75.5 Å². The molecule has 2 amide bonds. The van der Waals surface area contributed by atoms with Gasteiger partial charge in [0.15, 0.2) is 5.65 Å². The minimum Gasteiger partial charge on any atom is -0.363 e. The smallest absolute Gasteiger partial charge is 0.327 e. The predicted molar refractivity (Wildman–Crippen MR) is 172 cm³/mol. The van der Waals surface area contributed by atoms with E-state index in [1.165, 1.54) is 22.7 Å². The van der Waals surface area contributed by atoms with E-state index in [4.69, 9.17) is 0 Å². The van der Waals surface area contributed by atoms with Crippen molar-refractivity contribution in [3.63, 3.8) is 0 Å². The van der Waals surface area contributed by atoms with Gasteiger partial charge in [-0.05, 0) is 42.9 Å². The number of thioether (sulfide) groups is 1. The van der Waals surface area contributed by atoms with E-state index < -0.39 is 28.9 Å². The number of nitrogens with zero attached hydrogens (tertiary/aromatic N) is 5. The zero-order chi connectivity index (χ0) is 32.1. The van der Waals surface area contributed by atoms with Gasteiger partial charge in [-0.25, -0.2) is 22.9 Å². The standard InChI is InChI=1S/C32H39F3N6O3S.2H2/c1-31(2,3)11-17-40-28(43)24(45-29(40)21-6-4-7-22(33)26(21)39-16-12-32(34,35)19-39)18-25(42)38-14-9-20(10-15-38)41-23-8-5-13-36-27(23)37-30(41)44;;/h4-8,13,20,24,29H,9-12,14-19H2,1-3H3,(H,36,37,44);2*1H/t24-,29?;;/m0../s1. The number of H-pyrrole nitrogens is 1. The number of carbonyl (C=O) groups is 2. The van der Waals surface area contributed by atoms with Crippen LogP contribution in [0.25, 0.3) is 11.2 Å². The van der Waals surface area contributed by atoms with E-state index >= 15 is 4.39 Å². The number of rotatable bonds is 7. The number of likely N-dealkylation sites (tertiary alicyclic amines) is 1. The van der Waals surface area contributed by atoms with Gasteiger partial charge in [0.2, 0.25) is 11.8 Å². The Bertz CT molecular complexity index is 1660. The van der Waals surface area contributed by atoms with Crippen LogP contribution >= 0.6 is 11.8 Å². The fourth-order valence-electron chi connectivity index (χ4n) is 6.62. The molecule has 0 radical (unpaired) electrons. The van der Waals surface area contributed by atoms with Crippen molar-refractivity contribution in [2.75, 3.05) is 37.6 Å². The van der Waals surface area contributed by atoms with Crippen molar-refractivity contribution in [2.24, 2.45) is 5.41 Å². The van der Waals surface area contributed by atoms with E-state index in [0.29, 0.717) is 50.1 Å². The summed E-state index contributed by atoms with van der Waals surface area (Å²) in [6, 6.07) is 8.08. The Hall–Kier alpha value is -3.48. The van der Waals surface area contributed by atoms with Crippen LogP contribution in [0.5, 0.6) is 0 Å². The number of amides is 2. The molecular weight excluding hydrogens is 605 g/mol. The molecule has 0 saturated carbocycles. The van der Waals surface area contributed by atoms with Crippen molar-refractivity contribution in [1.29, 1.82) is 0 Å². The third-order valence-electron chi connectivity index (χ3n) is 9.04. The predicted octanol–water partition coefficient (Wildman–Crippen LogP) is 5.83. The van der Waals surface area contributed by atoms with Gasteiger partial charge < -0.3 is 14.7 Å². The molecule has 3 aromatic rings. The Balaban J connectivity index is 0.00000250. The summed E-state index contributed by atoms with van der Waals surface area (Å²) in [5.41, 5.74) is 1.54. The van der Waals surface area contributed by atoms with Crippen LogP contribution in [-0.2, 0) is 9.59 Å². The Kier molecular flexibility index (Phi) is 8.42. The lowest BCUT2D eigenvalue weighted by Gasteiger charge is -2.33. The number of piperidine rings is 1. The number of imidazole rings is 1. The molecule has 5 heterocycles. The summed E-state index contributed by atoms with van der Waals surface area (Å²) in [7, 11) is 0. The van der Waals surface area contributed by atoms with E-state index in [-0.39, 0.29) is 56.9 Å². The number of anilines is 1. The van der Waals surface area contributed by atoms with E-state index in [1.807, 2.05) is 6.07 Å². The topological polar surface area (TPSA) is 94.5 Å². The second-order valence-electron chi connectivity index (χ2n) is 13.5. The van der Waals surface area contributed by atoms with E-state index in [9.17, 15) is 23.2 Å². The number of alkyl halides is 2. The molecule has 45 heavy (non-hydrogen) atoms. The first-order chi connectivity index (χ1) is 21.3. The van der Waals surface area contributed by atoms with Gasteiger partial charge >= 0.3 is 5.69 Å². The maximum Gasteiger partial charge on any atom is 0.327 e. The number of nitrogens with one attached hydrogen (secondary N) is 1. The molecule has 0 spiro atoms. The van der Waals surface area contributed by atoms with Crippen LogP contribution in [0.1, 0.15) is 72.7 Å². The Morgan fingerprint density at radius 3 is 2.58 bits per heavy atom. The van der Waals surface area contributed by atoms with Gasteiger partial charge in [0.05, 0.1) is 23.0 Å². The number of aromatic amines is 1. The fraction of sp³-hybridized carbons (Fsp3) is 0.562. The second kappa shape index (κ2) is 12.0. The maximum absolute atomic E-state index is 15.3. The molecule has 1 aromatic carbocycles. The highest BCUT2D eigenvalue weighted by atomic mass is 32.2. The van der Waals surface area contributed by atoms with Crippen LogP contribution < -0.4 is 10.6 Å². The van der Waals surface area contributed by atoms with Gasteiger partial charge in [-0.1, -0.05) is 32.9 Å². The molecule has 2 atom stereocenters. The number of para-hydroxylation sites is 1. The Morgan fingerprint density at radius 2 is 1.89 bits per heavy atom. The zero-order valence-corrected chi connectivity index (χ0v) is 26.6. The highest BCUT2D eigenvalue weighted by molar-refractivity contribution is 8.01. The number of aromatic nitrogens is 3. The molecule has 1 unspecified atom stereocenters. The SMILES string of the molecule is CC(C)(C)CCN1C(=O)[C@H](CC(=O)N2CCC(n3c(=O)[nH]c4ncccc43)CC2)SC1c1cccc(F)c1N1CCC(F)(F)C1.[HH].[HH]. The maximum atomic E-state index is 15.3. The summed E-state index contributed by atoms with van der Waals surface area (Å²) in [6.45, 7) is 6.95. The first-order valence-electron chi connectivity index (χ1n) is 15.5. The molecule has 3 aliphatic heterocycles. The highest BCUT2D eigenvalue weighted by Gasteiger charge is 2.46. The Labute approximate surface area is 267 Å². The third-order valence-corrected chi connectivity index (χ3v) is 10.5. The zero-order valence-electron chi connectivity index (χ0n) is 25.8. The van der Waals surface area contributed by atoms with E-state index in [0.717, 1.165) is 5.52 Å². The molecule has 0 aliphatic carbocycles. The van der Waals surface area contributed by atoms with Crippen LogP contribution in [0.4, 0.5) is 18.9 Å². The first kappa shape index (κ1) is 31.5. The van der Waals surface area contributed by atoms with Crippen LogP contribution in [-0.4, -0.2) is 80.0 Å². The van der Waals surface area contributed by atoms with Crippen molar-refractivity contribution < 1.29 is 25.6 Å². The molecule has 2 aromatic heterocycles. The van der Waals surface area contributed by atoms with Crippen molar-refractivity contribution >= 4 is 40.4 Å². The van der Waals surface area contributed by atoms with Gasteiger partial charge in [-0.2, -0.15) is 0 Å². The fourth-order valence-corrected chi connectivity index (χ4v) is 8.12. The number of benzene rings is 1. The quantitative estimate of drug-likeness (QED) is 0.347. The summed E-state index contributed by atoms with van der Waals surface area (Å²) < 4.78 is 45.4. The molecule has 3 saturated heterocycles. The van der Waals surface area contributed by atoms with Crippen LogP contribution in [0.2, 0.25) is 0 Å². The van der Waals surface area contributed by atoms with Gasteiger partial charge in [0, 0.05) is 59.7 Å². The Morgan fingerprint density at radius 1 is 1.13 bits per heavy atom. The average Bonchev–Trinajstić information content (AvgIpc) is 3.62. The summed E-state index contributed by atoms with van der Waals surface area (Å²) in [5.74, 6) is -3.85. The van der Waals surface area contributed by atoms with Crippen LogP contribution in [0.3, 0.4) is 0 Å². The van der Waals surface area contributed by atoms with Crippen LogP contribution in [0, 0.1) is 11.2 Å². The summed E-state index contributed by atoms with van der Waals surface area (Å²) in [5, 5.41) is -1.29. The molecule has 3 fully saturated rings. The number of fused-ring (bicyclic) bond motifs is 1. The summed E-state index contributed by atoms with van der Waals surface area (Å²) in [4.78, 5) is 51.9. The first-order valence-corrected chi connectivity index (χ1v) is 16.5. The lowest BCUT2D eigenvalue weighted by atomic mass is 9.92. The van der Waals surface area contributed by atoms with E-state index in [2.05, 4.69) is 30.7 Å². The van der Waals surface area contributed by atoms with Gasteiger partial charge in [0.25, 0.3) is 5.92 Å². The van der Waals surface area contributed by atoms with Crippen LogP contribution in [0.15, 0.2) is 41.3 Å². The minimum atomic E-state index is -2.91. The van der Waals surface area contributed by atoms with Crippen molar-refractivity contribution in [1.82, 2.24) is 24.3 Å². The second-order valence-corrected chi connectivity index (χ2v) is 14.8. The highest BCUT2D eigenvalue weighted by Crippen LogP contribution is 2.49. The molecule has 1 N–H and O–H groups in total. The molecule has 0 bridgehead atoms. The molecule has 9 nitrogen and oxygen atoms in total. The van der Waals surface area contributed by atoms with Gasteiger partial charge in [-0.3, -0.25) is 19.1 Å². The number of halogens is 3. The molecular formula is C32H43F3N6O3S. The molecule has 13 heteroatoms. The number of hydrogen-bond donors (Lipinski definition) is 1. The summed E-state index contributed by atoms with van der Waals surface area (Å²) in [6.07, 6.45) is 3.12. The number of pyridine rings is 1. The molecule has 3 aliphatic rings. The van der Waals surface area contributed by atoms with Gasteiger partial charge in [-0.15, -0.1) is 11.8 Å². The monoisotopic (exact) mass is 648 g/mol. The van der Waals surface area contributed by atoms with Crippen molar-refractivity contribution in [3.8, 4) is 0 Å². The molecule has 246 valence electrons. The van der Waals surface area contributed by atoms with Crippen molar-refractivity contribution in [3.05, 3.63) is 58.4 Å². The lowest BCUT2D eigenvalue weighted by molar-refractivity contribution is -0.136. The lowest BCUT2D eigenvalue weighted by Crippen LogP contribution is -2.42. The van der Waals surface area contributed by atoms with Gasteiger partial charge in [0.1, 0.15) is 11.2 Å². The minimum absolute atomic E-state index is 0. The van der Waals surface area contributed by atoms with E-state index in [1.54, 1.807) is 38.8 Å². The average molecular weight is 649 g/mol. The number of hydrogen-bond acceptors (Lipinski definition) is 6. The third kappa shape index (κ3) is 6.45.